The molecule has 2 aromatic carbocycles. The number of ether oxygens (including phenoxy) is 1. The van der Waals surface area contributed by atoms with Gasteiger partial charge >= 0.3 is 6.01 Å². The number of fused-ring (bicyclic) bond motifs is 1. The van der Waals surface area contributed by atoms with E-state index in [0.29, 0.717) is 16.7 Å². The van der Waals surface area contributed by atoms with Crippen LogP contribution in [0.5, 0.6) is 11.8 Å². The number of anilines is 2. The molecule has 6 heteroatoms. The molecule has 1 N–H and O–H groups in total. The Labute approximate surface area is 174 Å². The molecule has 30 heavy (non-hydrogen) atoms. The van der Waals surface area contributed by atoms with Crippen LogP contribution in [-0.2, 0) is 0 Å². The van der Waals surface area contributed by atoms with Crippen LogP contribution in [0.1, 0.15) is 18.4 Å². The largest absolute Gasteiger partial charge is 0.426 e. The zero-order valence-electron chi connectivity index (χ0n) is 16.7. The smallest absolute Gasteiger partial charge is 0.302 e. The van der Waals surface area contributed by atoms with Crippen LogP contribution in [-0.4, -0.2) is 21.5 Å². The van der Waals surface area contributed by atoms with Gasteiger partial charge in [-0.3, -0.25) is 14.8 Å². The van der Waals surface area contributed by atoms with Gasteiger partial charge < -0.3 is 9.64 Å². The van der Waals surface area contributed by atoms with Crippen molar-refractivity contribution in [1.29, 1.82) is 0 Å². The SMILES string of the molecule is Cc1ccc(N(CC2CC2)c2ccc(Oc3nc4cnccc4c(=O)[nH]3)cc2)cc1. The molecule has 0 amide bonds. The number of aromatic nitrogens is 3. The Bertz CT molecular complexity index is 1230. The fourth-order valence-electron chi connectivity index (χ4n) is 3.47. The summed E-state index contributed by atoms with van der Waals surface area (Å²) in [4.78, 5) is 25.6. The van der Waals surface area contributed by atoms with E-state index < -0.39 is 0 Å². The van der Waals surface area contributed by atoms with Gasteiger partial charge in [-0.25, -0.2) is 0 Å². The maximum absolute atomic E-state index is 12.2. The second-order valence-corrected chi connectivity index (χ2v) is 7.75. The van der Waals surface area contributed by atoms with Gasteiger partial charge in [-0.05, 0) is 68.1 Å². The van der Waals surface area contributed by atoms with Crippen LogP contribution in [0, 0.1) is 12.8 Å². The maximum atomic E-state index is 12.2. The molecule has 0 atom stereocenters. The number of aromatic amines is 1. The van der Waals surface area contributed by atoms with E-state index in [1.54, 1.807) is 18.5 Å². The first-order valence-electron chi connectivity index (χ1n) is 10.1. The van der Waals surface area contributed by atoms with Crippen molar-refractivity contribution in [2.24, 2.45) is 5.92 Å². The molecule has 0 bridgehead atoms. The lowest BCUT2D eigenvalue weighted by atomic mass is 10.2. The van der Waals surface area contributed by atoms with E-state index in [-0.39, 0.29) is 11.6 Å². The zero-order chi connectivity index (χ0) is 20.5. The first-order chi connectivity index (χ1) is 14.7. The van der Waals surface area contributed by atoms with Crippen molar-refractivity contribution in [3.05, 3.63) is 82.9 Å². The molecule has 0 aliphatic heterocycles. The summed E-state index contributed by atoms with van der Waals surface area (Å²) in [6, 6.07) is 18.3. The van der Waals surface area contributed by atoms with Crippen molar-refractivity contribution in [3.63, 3.8) is 0 Å². The van der Waals surface area contributed by atoms with E-state index in [0.717, 1.165) is 18.2 Å². The monoisotopic (exact) mass is 398 g/mol. The number of rotatable bonds is 6. The normalized spacial score (nSPS) is 13.4. The van der Waals surface area contributed by atoms with E-state index in [1.165, 1.54) is 24.1 Å². The van der Waals surface area contributed by atoms with Crippen molar-refractivity contribution in [1.82, 2.24) is 15.0 Å². The molecule has 0 unspecified atom stereocenters. The molecule has 0 saturated heterocycles. The van der Waals surface area contributed by atoms with E-state index >= 15 is 0 Å². The standard InChI is InChI=1S/C24H22N4O2/c1-16-2-6-18(7-3-16)28(15-17-4-5-17)19-8-10-20(11-9-19)30-24-26-22-14-25-13-12-21(22)23(29)27-24/h2-3,6-14,17H,4-5,15H2,1H3,(H,26,27,29). The van der Waals surface area contributed by atoms with Gasteiger partial charge in [0.2, 0.25) is 0 Å². The number of aryl methyl sites for hydroxylation is 1. The number of nitrogens with zero attached hydrogens (tertiary/aromatic N) is 3. The van der Waals surface area contributed by atoms with Gasteiger partial charge in [0.1, 0.15) is 5.75 Å². The molecular weight excluding hydrogens is 376 g/mol. The highest BCUT2D eigenvalue weighted by molar-refractivity contribution is 5.76. The summed E-state index contributed by atoms with van der Waals surface area (Å²) in [5, 5.41) is 0.488. The maximum Gasteiger partial charge on any atom is 0.302 e. The Morgan fingerprint density at radius 2 is 1.73 bits per heavy atom. The van der Waals surface area contributed by atoms with Crippen molar-refractivity contribution in [2.75, 3.05) is 11.4 Å². The lowest BCUT2D eigenvalue weighted by Crippen LogP contribution is -2.19. The van der Waals surface area contributed by atoms with Crippen LogP contribution < -0.4 is 15.2 Å². The highest BCUT2D eigenvalue weighted by Gasteiger charge is 2.25. The minimum absolute atomic E-state index is 0.154. The first-order valence-corrected chi connectivity index (χ1v) is 10.1. The fourth-order valence-corrected chi connectivity index (χ4v) is 3.47. The molecule has 2 heterocycles. The lowest BCUT2D eigenvalue weighted by Gasteiger charge is -2.25. The summed E-state index contributed by atoms with van der Waals surface area (Å²) < 4.78 is 5.80. The van der Waals surface area contributed by atoms with Gasteiger partial charge in [-0.1, -0.05) is 17.7 Å². The highest BCUT2D eigenvalue weighted by Crippen LogP contribution is 2.36. The summed E-state index contributed by atoms with van der Waals surface area (Å²) >= 11 is 0. The summed E-state index contributed by atoms with van der Waals surface area (Å²) in [5.74, 6) is 1.36. The third-order valence-corrected chi connectivity index (χ3v) is 5.33. The van der Waals surface area contributed by atoms with Crippen molar-refractivity contribution in [2.45, 2.75) is 19.8 Å². The zero-order valence-corrected chi connectivity index (χ0v) is 16.7. The highest BCUT2D eigenvalue weighted by atomic mass is 16.5. The summed E-state index contributed by atoms with van der Waals surface area (Å²) in [6.45, 7) is 3.11. The number of pyridine rings is 1. The molecule has 6 nitrogen and oxygen atoms in total. The number of hydrogen-bond donors (Lipinski definition) is 1. The summed E-state index contributed by atoms with van der Waals surface area (Å²) in [6.07, 6.45) is 5.70. The van der Waals surface area contributed by atoms with Gasteiger partial charge in [0.15, 0.2) is 0 Å². The van der Waals surface area contributed by atoms with Crippen molar-refractivity contribution < 1.29 is 4.74 Å². The third kappa shape index (κ3) is 3.89. The van der Waals surface area contributed by atoms with Crippen LogP contribution in [0.4, 0.5) is 11.4 Å². The van der Waals surface area contributed by atoms with Gasteiger partial charge in [-0.2, -0.15) is 4.98 Å². The van der Waals surface area contributed by atoms with E-state index in [9.17, 15) is 4.79 Å². The van der Waals surface area contributed by atoms with Crippen LogP contribution in [0.3, 0.4) is 0 Å². The molecule has 1 saturated carbocycles. The number of nitrogens with one attached hydrogen (secondary N) is 1. The van der Waals surface area contributed by atoms with E-state index in [1.807, 2.05) is 24.3 Å². The second kappa shape index (κ2) is 7.63. The van der Waals surface area contributed by atoms with E-state index in [2.05, 4.69) is 51.0 Å². The average molecular weight is 398 g/mol. The molecule has 5 rings (SSSR count). The van der Waals surface area contributed by atoms with Gasteiger partial charge in [-0.15, -0.1) is 0 Å². The van der Waals surface area contributed by atoms with Crippen molar-refractivity contribution in [3.8, 4) is 11.8 Å². The molecule has 4 aromatic rings. The molecule has 150 valence electrons. The van der Waals surface area contributed by atoms with Crippen LogP contribution in [0.2, 0.25) is 0 Å². The predicted molar refractivity (Wildman–Crippen MR) is 118 cm³/mol. The van der Waals surface area contributed by atoms with Crippen LogP contribution in [0.25, 0.3) is 10.9 Å². The average Bonchev–Trinajstić information content (AvgIpc) is 3.58. The Balaban J connectivity index is 1.40. The first kappa shape index (κ1) is 18.4. The minimum atomic E-state index is -0.246. The quantitative estimate of drug-likeness (QED) is 0.497. The Morgan fingerprint density at radius 1 is 1.03 bits per heavy atom. The summed E-state index contributed by atoms with van der Waals surface area (Å²) in [7, 11) is 0. The second-order valence-electron chi connectivity index (χ2n) is 7.75. The number of hydrogen-bond acceptors (Lipinski definition) is 5. The number of benzene rings is 2. The van der Waals surface area contributed by atoms with Crippen LogP contribution in [0.15, 0.2) is 71.8 Å². The predicted octanol–water partition coefficient (Wildman–Crippen LogP) is 4.97. The molecule has 2 aromatic heterocycles. The van der Waals surface area contributed by atoms with Crippen LogP contribution >= 0.6 is 0 Å². The van der Waals surface area contributed by atoms with E-state index in [4.69, 9.17) is 4.74 Å². The van der Waals surface area contributed by atoms with Gasteiger partial charge in [0.05, 0.1) is 17.1 Å². The molecule has 1 fully saturated rings. The Hall–Kier alpha value is -3.67. The molecule has 0 spiro atoms. The topological polar surface area (TPSA) is 71.1 Å². The summed E-state index contributed by atoms with van der Waals surface area (Å²) in [5.41, 5.74) is 3.81. The Morgan fingerprint density at radius 3 is 2.43 bits per heavy atom. The molecular formula is C24H22N4O2. The Kier molecular flexibility index (Phi) is 4.67. The number of H-pyrrole nitrogens is 1. The lowest BCUT2D eigenvalue weighted by molar-refractivity contribution is 0.443. The molecule has 1 aliphatic rings. The molecule has 1 aliphatic carbocycles. The van der Waals surface area contributed by atoms with Gasteiger partial charge in [0.25, 0.3) is 5.56 Å². The fraction of sp³-hybridized carbons (Fsp3) is 0.208. The van der Waals surface area contributed by atoms with Crippen molar-refractivity contribution >= 4 is 22.3 Å². The third-order valence-electron chi connectivity index (χ3n) is 5.33. The minimum Gasteiger partial charge on any atom is -0.426 e. The molecule has 0 radical (unpaired) electrons. The van der Waals surface area contributed by atoms with Gasteiger partial charge in [0, 0.05) is 24.1 Å².